The Morgan fingerprint density at radius 1 is 0.594 bits per heavy atom. The molecule has 0 aliphatic heterocycles. The zero-order chi connectivity index (χ0) is 24.2. The van der Waals surface area contributed by atoms with Gasteiger partial charge >= 0.3 is 15.6 Å². The van der Waals surface area contributed by atoms with Crippen molar-refractivity contribution in [1.29, 1.82) is 0 Å². The maximum Gasteiger partial charge on any atom is 0.469 e. The molecule has 4 N–H and O–H groups in total. The highest BCUT2D eigenvalue weighted by molar-refractivity contribution is 7.91. The van der Waals surface area contributed by atoms with E-state index in [1.165, 1.54) is 48.5 Å². The average Bonchev–Trinajstić information content (AvgIpc) is 2.66. The highest BCUT2D eigenvalue weighted by Gasteiger charge is 2.20. The van der Waals surface area contributed by atoms with Gasteiger partial charge in [-0.2, -0.15) is 0 Å². The highest BCUT2D eigenvalue weighted by Crippen LogP contribution is 2.36. The minimum Gasteiger partial charge on any atom is -0.303 e. The predicted octanol–water partition coefficient (Wildman–Crippen LogP) is 1.12. The molecule has 0 amide bonds. The van der Waals surface area contributed by atoms with E-state index >= 15 is 0 Å². The molecule has 178 valence electrons. The Bertz CT molecular complexity index is 1130. The van der Waals surface area contributed by atoms with E-state index in [-0.39, 0.29) is 9.79 Å². The lowest BCUT2D eigenvalue weighted by molar-refractivity contribution is 0.205. The van der Waals surface area contributed by atoms with Gasteiger partial charge in [0.1, 0.15) is 0 Å². The third-order valence-electron chi connectivity index (χ3n) is 3.98. The topological polar surface area (TPSA) is 202 Å². The van der Waals surface area contributed by atoms with E-state index in [0.717, 1.165) is 0 Å². The number of benzene rings is 2. The quantitative estimate of drug-likeness (QED) is 0.302. The van der Waals surface area contributed by atoms with Gasteiger partial charge in [-0.05, 0) is 35.4 Å². The van der Waals surface area contributed by atoms with Gasteiger partial charge in [0.05, 0.1) is 34.5 Å². The molecule has 0 bridgehead atoms. The molecule has 0 spiro atoms. The van der Waals surface area contributed by atoms with Crippen molar-refractivity contribution in [2.75, 3.05) is 24.7 Å². The van der Waals surface area contributed by atoms with Crippen LogP contribution in [-0.4, -0.2) is 61.1 Å². The standard InChI is InChI=1S/C16H20O12P2S2/c17-29(18,19)27-9-11-31(23,24)15-5-1-13(2-6-15)14-3-7-16(8-4-14)32(25,26)12-10-28-30(20,21)22/h1-8H,9-12H2,(H2,17,18,19)(H2,20,21,22). The first-order chi connectivity index (χ1) is 14.6. The fourth-order valence-electron chi connectivity index (χ4n) is 2.48. The Kier molecular flexibility index (Phi) is 8.57. The van der Waals surface area contributed by atoms with E-state index < -0.39 is 60.0 Å². The number of hydrogen-bond donors (Lipinski definition) is 4. The van der Waals surface area contributed by atoms with Crippen molar-refractivity contribution in [3.05, 3.63) is 48.5 Å². The van der Waals surface area contributed by atoms with Crippen LogP contribution in [0.1, 0.15) is 0 Å². The average molecular weight is 530 g/mol. The molecule has 2 rings (SSSR count). The molecule has 32 heavy (non-hydrogen) atoms. The summed E-state index contributed by atoms with van der Waals surface area (Å²) >= 11 is 0. The summed E-state index contributed by atoms with van der Waals surface area (Å²) in [6, 6.07) is 11.1. The van der Waals surface area contributed by atoms with Crippen LogP contribution in [0.2, 0.25) is 0 Å². The summed E-state index contributed by atoms with van der Waals surface area (Å²) in [6.07, 6.45) is 0. The third-order valence-corrected chi connectivity index (χ3v) is 8.41. The SMILES string of the molecule is O=P(O)(O)OCCS(=O)(=O)c1ccc(-c2ccc(S(=O)(=O)CCOP(=O)(O)O)cc2)cc1. The van der Waals surface area contributed by atoms with E-state index in [4.69, 9.17) is 19.6 Å². The Morgan fingerprint density at radius 2 is 0.875 bits per heavy atom. The lowest BCUT2D eigenvalue weighted by Gasteiger charge is -2.09. The summed E-state index contributed by atoms with van der Waals surface area (Å²) in [5, 5.41) is 0. The molecule has 0 saturated heterocycles. The molecule has 0 atom stereocenters. The number of hydrogen-bond acceptors (Lipinski definition) is 8. The molecule has 16 heteroatoms. The number of phosphoric ester groups is 2. The van der Waals surface area contributed by atoms with Crippen molar-refractivity contribution >= 4 is 35.3 Å². The molecule has 0 aliphatic carbocycles. The summed E-state index contributed by atoms with van der Waals surface area (Å²) in [4.78, 5) is 34.3. The molecule has 12 nitrogen and oxygen atoms in total. The Labute approximate surface area is 184 Å². The van der Waals surface area contributed by atoms with Crippen molar-refractivity contribution in [1.82, 2.24) is 0 Å². The third kappa shape index (κ3) is 8.49. The minimum absolute atomic E-state index is 0.0835. The van der Waals surface area contributed by atoms with Crippen molar-refractivity contribution in [3.63, 3.8) is 0 Å². The number of sulfone groups is 2. The highest BCUT2D eigenvalue weighted by atomic mass is 32.2. The van der Waals surface area contributed by atoms with Crippen LogP contribution in [0, 0.1) is 0 Å². The molecule has 0 fully saturated rings. The first-order valence-electron chi connectivity index (χ1n) is 8.65. The smallest absolute Gasteiger partial charge is 0.303 e. The molecular weight excluding hydrogens is 510 g/mol. The second kappa shape index (κ2) is 10.2. The zero-order valence-electron chi connectivity index (χ0n) is 16.2. The fourth-order valence-corrected chi connectivity index (χ4v) is 5.56. The van der Waals surface area contributed by atoms with Gasteiger partial charge < -0.3 is 19.6 Å². The van der Waals surface area contributed by atoms with Gasteiger partial charge in [0, 0.05) is 0 Å². The molecule has 0 heterocycles. The minimum atomic E-state index is -4.77. The predicted molar refractivity (Wildman–Crippen MR) is 112 cm³/mol. The van der Waals surface area contributed by atoms with E-state index in [9.17, 15) is 26.0 Å². The van der Waals surface area contributed by atoms with E-state index in [2.05, 4.69) is 9.05 Å². The van der Waals surface area contributed by atoms with Crippen LogP contribution in [0.25, 0.3) is 11.1 Å². The van der Waals surface area contributed by atoms with Gasteiger partial charge in [0.25, 0.3) is 0 Å². The molecule has 2 aromatic carbocycles. The van der Waals surface area contributed by atoms with Crippen LogP contribution in [-0.2, 0) is 37.9 Å². The summed E-state index contributed by atoms with van der Waals surface area (Å²) in [7, 11) is -17.2. The fraction of sp³-hybridized carbons (Fsp3) is 0.250. The summed E-state index contributed by atoms with van der Waals surface area (Å²) in [5.74, 6) is -1.26. The lowest BCUT2D eigenvalue weighted by atomic mass is 10.1. The van der Waals surface area contributed by atoms with Crippen LogP contribution in [0.3, 0.4) is 0 Å². The first-order valence-corrected chi connectivity index (χ1v) is 15.0. The Balaban J connectivity index is 2.08. The maximum absolute atomic E-state index is 12.2. The van der Waals surface area contributed by atoms with E-state index in [1.807, 2.05) is 0 Å². The van der Waals surface area contributed by atoms with Gasteiger partial charge in [0.15, 0.2) is 19.7 Å². The van der Waals surface area contributed by atoms with Crippen LogP contribution < -0.4 is 0 Å². The Hall–Kier alpha value is -1.44. The summed E-state index contributed by atoms with van der Waals surface area (Å²) in [5.41, 5.74) is 1.15. The molecule has 0 radical (unpaired) electrons. The second-order valence-electron chi connectivity index (χ2n) is 6.33. The second-order valence-corrected chi connectivity index (χ2v) is 13.0. The monoisotopic (exact) mass is 530 g/mol. The molecular formula is C16H20O12P2S2. The number of phosphoric acid groups is 2. The Morgan fingerprint density at radius 3 is 1.12 bits per heavy atom. The van der Waals surface area contributed by atoms with Crippen molar-refractivity contribution < 1.29 is 54.6 Å². The molecule has 0 unspecified atom stereocenters. The van der Waals surface area contributed by atoms with Crippen LogP contribution in [0.15, 0.2) is 58.3 Å². The first kappa shape index (κ1) is 26.8. The van der Waals surface area contributed by atoms with E-state index in [1.54, 1.807) is 0 Å². The van der Waals surface area contributed by atoms with Gasteiger partial charge in [-0.3, -0.25) is 9.05 Å². The van der Waals surface area contributed by atoms with Gasteiger partial charge in [-0.25, -0.2) is 26.0 Å². The zero-order valence-corrected chi connectivity index (χ0v) is 19.6. The maximum atomic E-state index is 12.2. The van der Waals surface area contributed by atoms with Crippen LogP contribution >= 0.6 is 15.6 Å². The van der Waals surface area contributed by atoms with Crippen molar-refractivity contribution in [2.45, 2.75) is 9.79 Å². The largest absolute Gasteiger partial charge is 0.469 e. The molecule has 0 saturated carbocycles. The molecule has 2 aromatic rings. The normalized spacial score (nSPS) is 13.2. The lowest BCUT2D eigenvalue weighted by Crippen LogP contribution is -2.12. The number of rotatable bonds is 11. The van der Waals surface area contributed by atoms with E-state index in [0.29, 0.717) is 11.1 Å². The molecule has 0 aromatic heterocycles. The summed E-state index contributed by atoms with van der Waals surface area (Å²) in [6.45, 7) is -1.35. The summed E-state index contributed by atoms with van der Waals surface area (Å²) < 4.78 is 78.4. The van der Waals surface area contributed by atoms with Crippen molar-refractivity contribution in [3.8, 4) is 11.1 Å². The van der Waals surface area contributed by atoms with Gasteiger partial charge in [0.2, 0.25) is 0 Å². The van der Waals surface area contributed by atoms with Crippen LogP contribution in [0.5, 0.6) is 0 Å². The van der Waals surface area contributed by atoms with Crippen molar-refractivity contribution in [2.24, 2.45) is 0 Å². The van der Waals surface area contributed by atoms with Gasteiger partial charge in [-0.1, -0.05) is 24.3 Å². The van der Waals surface area contributed by atoms with Gasteiger partial charge in [-0.15, -0.1) is 0 Å². The van der Waals surface area contributed by atoms with Crippen LogP contribution in [0.4, 0.5) is 0 Å². The molecule has 0 aliphatic rings.